The van der Waals surface area contributed by atoms with E-state index in [0.717, 1.165) is 28.8 Å². The zero-order valence-corrected chi connectivity index (χ0v) is 11.0. The Balaban J connectivity index is 2.03. The maximum Gasteiger partial charge on any atom is 0.156 e. The van der Waals surface area contributed by atoms with E-state index in [4.69, 9.17) is 15.7 Å². The molecule has 1 aromatic carbocycles. The maximum atomic E-state index is 8.83. The predicted octanol–water partition coefficient (Wildman–Crippen LogP) is 1.76. The molecule has 1 atom stereocenters. The molecule has 0 saturated carbocycles. The Bertz CT molecular complexity index is 424. The standard InChI is InChI=1S/C12H14BrN3O/c13-10-3-9(4-11(15)5-10)7-16-1-2-17-12(6-14)8-16/h3-5,12H,1-2,7-8,15H2. The third-order valence-corrected chi connectivity index (χ3v) is 3.14. The number of nitrogens with two attached hydrogens (primary N) is 1. The minimum absolute atomic E-state index is 0.312. The molecule has 2 N–H and O–H groups in total. The number of ether oxygens (including phenoxy) is 1. The lowest BCUT2D eigenvalue weighted by atomic mass is 10.1. The molecule has 1 fully saturated rings. The summed E-state index contributed by atoms with van der Waals surface area (Å²) in [6, 6.07) is 8.03. The van der Waals surface area contributed by atoms with Crippen LogP contribution < -0.4 is 5.73 Å². The summed E-state index contributed by atoms with van der Waals surface area (Å²) in [7, 11) is 0. The van der Waals surface area contributed by atoms with E-state index in [0.29, 0.717) is 13.2 Å². The van der Waals surface area contributed by atoms with Crippen LogP contribution in [0.1, 0.15) is 5.56 Å². The highest BCUT2D eigenvalue weighted by atomic mass is 79.9. The number of benzene rings is 1. The number of anilines is 1. The topological polar surface area (TPSA) is 62.3 Å². The molecule has 2 rings (SSSR count). The first kappa shape index (κ1) is 12.4. The van der Waals surface area contributed by atoms with E-state index in [1.807, 2.05) is 18.2 Å². The SMILES string of the molecule is N#CC1CN(Cc2cc(N)cc(Br)c2)CCO1. The molecule has 4 nitrogen and oxygen atoms in total. The third-order valence-electron chi connectivity index (χ3n) is 2.68. The molecule has 0 aliphatic carbocycles. The van der Waals surface area contributed by atoms with Gasteiger partial charge in [0.05, 0.1) is 12.7 Å². The van der Waals surface area contributed by atoms with Crippen LogP contribution in [0.2, 0.25) is 0 Å². The minimum Gasteiger partial charge on any atom is -0.399 e. The van der Waals surface area contributed by atoms with E-state index in [-0.39, 0.29) is 6.10 Å². The quantitative estimate of drug-likeness (QED) is 0.845. The molecule has 1 heterocycles. The van der Waals surface area contributed by atoms with Gasteiger partial charge in [-0.2, -0.15) is 5.26 Å². The second kappa shape index (κ2) is 5.50. The van der Waals surface area contributed by atoms with E-state index in [2.05, 4.69) is 26.9 Å². The van der Waals surface area contributed by atoms with Crippen LogP contribution in [0, 0.1) is 11.3 Å². The highest BCUT2D eigenvalue weighted by molar-refractivity contribution is 9.10. The Hall–Kier alpha value is -1.09. The van der Waals surface area contributed by atoms with Crippen molar-refractivity contribution in [3.8, 4) is 6.07 Å². The number of nitrogen functional groups attached to an aromatic ring is 1. The number of hydrogen-bond acceptors (Lipinski definition) is 4. The van der Waals surface area contributed by atoms with Crippen LogP contribution in [0.3, 0.4) is 0 Å². The minimum atomic E-state index is -0.312. The van der Waals surface area contributed by atoms with E-state index in [9.17, 15) is 0 Å². The van der Waals surface area contributed by atoms with Gasteiger partial charge >= 0.3 is 0 Å². The van der Waals surface area contributed by atoms with Gasteiger partial charge < -0.3 is 10.5 Å². The average molecular weight is 296 g/mol. The molecule has 0 aromatic heterocycles. The zero-order valence-electron chi connectivity index (χ0n) is 9.40. The van der Waals surface area contributed by atoms with Crippen molar-refractivity contribution in [3.63, 3.8) is 0 Å². The van der Waals surface area contributed by atoms with Gasteiger partial charge in [-0.1, -0.05) is 15.9 Å². The van der Waals surface area contributed by atoms with Crippen LogP contribution in [-0.2, 0) is 11.3 Å². The highest BCUT2D eigenvalue weighted by Gasteiger charge is 2.19. The fourth-order valence-corrected chi connectivity index (χ4v) is 2.51. The number of nitriles is 1. The lowest BCUT2D eigenvalue weighted by Crippen LogP contribution is -2.41. The number of halogens is 1. The third kappa shape index (κ3) is 3.43. The summed E-state index contributed by atoms with van der Waals surface area (Å²) in [6.45, 7) is 2.92. The van der Waals surface area contributed by atoms with Crippen molar-refractivity contribution in [2.45, 2.75) is 12.6 Å². The van der Waals surface area contributed by atoms with Crippen LogP contribution in [0.15, 0.2) is 22.7 Å². The average Bonchev–Trinajstić information content (AvgIpc) is 2.28. The second-order valence-electron chi connectivity index (χ2n) is 4.12. The Morgan fingerprint density at radius 3 is 3.06 bits per heavy atom. The molecule has 0 spiro atoms. The summed E-state index contributed by atoms with van der Waals surface area (Å²) in [6.07, 6.45) is -0.312. The molecule has 1 unspecified atom stereocenters. The predicted molar refractivity (Wildman–Crippen MR) is 69.2 cm³/mol. The summed E-state index contributed by atoms with van der Waals surface area (Å²) < 4.78 is 6.29. The fraction of sp³-hybridized carbons (Fsp3) is 0.417. The molecular weight excluding hydrogens is 282 g/mol. The van der Waals surface area contributed by atoms with Crippen molar-refractivity contribution in [2.75, 3.05) is 25.4 Å². The number of rotatable bonds is 2. The van der Waals surface area contributed by atoms with Crippen LogP contribution in [0.5, 0.6) is 0 Å². The highest BCUT2D eigenvalue weighted by Crippen LogP contribution is 2.19. The molecule has 90 valence electrons. The van der Waals surface area contributed by atoms with Gasteiger partial charge in [0.1, 0.15) is 0 Å². The van der Waals surface area contributed by atoms with E-state index >= 15 is 0 Å². The van der Waals surface area contributed by atoms with Gasteiger partial charge in [0.2, 0.25) is 0 Å². The molecule has 1 saturated heterocycles. The van der Waals surface area contributed by atoms with Crippen molar-refractivity contribution in [1.82, 2.24) is 4.90 Å². The van der Waals surface area contributed by atoms with Gasteiger partial charge in [0, 0.05) is 29.8 Å². The van der Waals surface area contributed by atoms with E-state index in [1.165, 1.54) is 0 Å². The number of hydrogen-bond donors (Lipinski definition) is 1. The van der Waals surface area contributed by atoms with E-state index in [1.54, 1.807) is 0 Å². The smallest absolute Gasteiger partial charge is 0.156 e. The molecule has 0 amide bonds. The lowest BCUT2D eigenvalue weighted by molar-refractivity contribution is -0.00269. The number of nitrogens with zero attached hydrogens (tertiary/aromatic N) is 2. The second-order valence-corrected chi connectivity index (χ2v) is 5.03. The van der Waals surface area contributed by atoms with Gasteiger partial charge in [-0.25, -0.2) is 0 Å². The maximum absolute atomic E-state index is 8.83. The Morgan fingerprint density at radius 2 is 2.35 bits per heavy atom. The van der Waals surface area contributed by atoms with Gasteiger partial charge in [-0.05, 0) is 23.8 Å². The number of morpholine rings is 1. The van der Waals surface area contributed by atoms with Crippen LogP contribution in [-0.4, -0.2) is 30.7 Å². The fourth-order valence-electron chi connectivity index (χ4n) is 1.95. The van der Waals surface area contributed by atoms with Gasteiger partial charge in [0.15, 0.2) is 6.10 Å². The summed E-state index contributed by atoms with van der Waals surface area (Å²) >= 11 is 3.43. The molecule has 0 bridgehead atoms. The molecule has 17 heavy (non-hydrogen) atoms. The van der Waals surface area contributed by atoms with Crippen molar-refractivity contribution in [1.29, 1.82) is 5.26 Å². The van der Waals surface area contributed by atoms with Crippen LogP contribution in [0.4, 0.5) is 5.69 Å². The summed E-state index contributed by atoms with van der Waals surface area (Å²) in [5, 5.41) is 8.83. The first-order valence-corrected chi connectivity index (χ1v) is 6.25. The first-order chi connectivity index (χ1) is 8.17. The largest absolute Gasteiger partial charge is 0.399 e. The normalized spacial score (nSPS) is 21.1. The molecule has 1 aliphatic heterocycles. The molecule has 1 aromatic rings. The Morgan fingerprint density at radius 1 is 1.53 bits per heavy atom. The van der Waals surface area contributed by atoms with E-state index < -0.39 is 0 Å². The van der Waals surface area contributed by atoms with Crippen molar-refractivity contribution in [2.24, 2.45) is 0 Å². The van der Waals surface area contributed by atoms with Gasteiger partial charge in [-0.3, -0.25) is 4.90 Å². The van der Waals surface area contributed by atoms with Gasteiger partial charge in [0.25, 0.3) is 0 Å². The zero-order chi connectivity index (χ0) is 12.3. The van der Waals surface area contributed by atoms with Crippen LogP contribution in [0.25, 0.3) is 0 Å². The Kier molecular flexibility index (Phi) is 4.00. The summed E-state index contributed by atoms with van der Waals surface area (Å²) in [5.74, 6) is 0. The first-order valence-electron chi connectivity index (χ1n) is 5.46. The van der Waals surface area contributed by atoms with Crippen LogP contribution >= 0.6 is 15.9 Å². The molecule has 5 heteroatoms. The monoisotopic (exact) mass is 295 g/mol. The molecule has 0 radical (unpaired) electrons. The van der Waals surface area contributed by atoms with Crippen molar-refractivity contribution >= 4 is 21.6 Å². The molecular formula is C12H14BrN3O. The van der Waals surface area contributed by atoms with Gasteiger partial charge in [-0.15, -0.1) is 0 Å². The van der Waals surface area contributed by atoms with Crippen molar-refractivity contribution < 1.29 is 4.74 Å². The lowest BCUT2D eigenvalue weighted by Gasteiger charge is -2.29. The Labute approximate surface area is 109 Å². The summed E-state index contributed by atoms with van der Waals surface area (Å²) in [4.78, 5) is 2.21. The molecule has 1 aliphatic rings. The summed E-state index contributed by atoms with van der Waals surface area (Å²) in [5.41, 5.74) is 7.69. The van der Waals surface area contributed by atoms with Crippen molar-refractivity contribution in [3.05, 3.63) is 28.2 Å².